The highest BCUT2D eigenvalue weighted by molar-refractivity contribution is 5.94. The number of aromatic nitrogens is 1. The molecule has 0 aliphatic heterocycles. The van der Waals surface area contributed by atoms with Crippen molar-refractivity contribution in [3.63, 3.8) is 0 Å². The Hall–Kier alpha value is -3.08. The van der Waals surface area contributed by atoms with Gasteiger partial charge in [0.1, 0.15) is 5.76 Å². The number of rotatable bonds is 6. The molecular formula is C19H19N3O2. The second-order valence-electron chi connectivity index (χ2n) is 5.56. The lowest BCUT2D eigenvalue weighted by molar-refractivity contribution is 0.0950. The lowest BCUT2D eigenvalue weighted by atomic mass is 10.1. The predicted octanol–water partition coefficient (Wildman–Crippen LogP) is 3.53. The fourth-order valence-electron chi connectivity index (χ4n) is 2.25. The molecule has 5 heteroatoms. The molecule has 0 unspecified atom stereocenters. The first-order valence-corrected chi connectivity index (χ1v) is 7.76. The van der Waals surface area contributed by atoms with Crippen molar-refractivity contribution in [2.75, 3.05) is 5.32 Å². The smallest absolute Gasteiger partial charge is 0.253 e. The summed E-state index contributed by atoms with van der Waals surface area (Å²) in [5.41, 5.74) is 3.56. The van der Waals surface area contributed by atoms with Gasteiger partial charge in [-0.2, -0.15) is 0 Å². The minimum atomic E-state index is -0.148. The third-order valence-corrected chi connectivity index (χ3v) is 3.62. The van der Waals surface area contributed by atoms with E-state index < -0.39 is 0 Å². The summed E-state index contributed by atoms with van der Waals surface area (Å²) in [5, 5.41) is 6.09. The van der Waals surface area contributed by atoms with E-state index in [1.165, 1.54) is 5.56 Å². The van der Waals surface area contributed by atoms with Crippen LogP contribution in [0, 0.1) is 6.92 Å². The highest BCUT2D eigenvalue weighted by atomic mass is 16.3. The summed E-state index contributed by atoms with van der Waals surface area (Å²) >= 11 is 0. The van der Waals surface area contributed by atoms with Gasteiger partial charge in [-0.1, -0.05) is 29.8 Å². The van der Waals surface area contributed by atoms with Gasteiger partial charge in [-0.3, -0.25) is 9.78 Å². The van der Waals surface area contributed by atoms with Crippen LogP contribution in [0.2, 0.25) is 0 Å². The van der Waals surface area contributed by atoms with E-state index in [9.17, 15) is 4.79 Å². The van der Waals surface area contributed by atoms with Gasteiger partial charge in [-0.05, 0) is 30.7 Å². The van der Waals surface area contributed by atoms with Crippen molar-refractivity contribution in [2.45, 2.75) is 20.0 Å². The van der Waals surface area contributed by atoms with Crippen LogP contribution in [0.5, 0.6) is 0 Å². The monoisotopic (exact) mass is 321 g/mol. The zero-order valence-corrected chi connectivity index (χ0v) is 13.5. The second-order valence-corrected chi connectivity index (χ2v) is 5.56. The van der Waals surface area contributed by atoms with E-state index in [4.69, 9.17) is 4.42 Å². The summed E-state index contributed by atoms with van der Waals surface area (Å²) in [6.45, 7) is 3.07. The maximum atomic E-state index is 12.3. The SMILES string of the molecule is Cc1ccc(CNC(=O)c2cncc(NCc3ccco3)c2)cc1. The number of hydrogen-bond acceptors (Lipinski definition) is 4. The molecule has 0 fully saturated rings. The van der Waals surface area contributed by atoms with Gasteiger partial charge in [0.15, 0.2) is 0 Å². The quantitative estimate of drug-likeness (QED) is 0.729. The summed E-state index contributed by atoms with van der Waals surface area (Å²) < 4.78 is 5.27. The molecule has 0 saturated heterocycles. The molecule has 0 aliphatic carbocycles. The zero-order valence-electron chi connectivity index (χ0n) is 13.5. The maximum Gasteiger partial charge on any atom is 0.253 e. The molecular weight excluding hydrogens is 302 g/mol. The Morgan fingerprint density at radius 2 is 1.96 bits per heavy atom. The molecule has 24 heavy (non-hydrogen) atoms. The minimum Gasteiger partial charge on any atom is -0.467 e. The average molecular weight is 321 g/mol. The van der Waals surface area contributed by atoms with E-state index in [1.54, 1.807) is 24.7 Å². The number of aryl methyl sites for hydroxylation is 1. The van der Waals surface area contributed by atoms with Crippen LogP contribution >= 0.6 is 0 Å². The van der Waals surface area contributed by atoms with Crippen LogP contribution < -0.4 is 10.6 Å². The lowest BCUT2D eigenvalue weighted by Crippen LogP contribution is -2.23. The van der Waals surface area contributed by atoms with E-state index in [-0.39, 0.29) is 5.91 Å². The number of amides is 1. The first-order chi connectivity index (χ1) is 11.7. The normalized spacial score (nSPS) is 10.4. The number of nitrogens with zero attached hydrogens (tertiary/aromatic N) is 1. The molecule has 2 N–H and O–H groups in total. The molecule has 0 saturated carbocycles. The van der Waals surface area contributed by atoms with Crippen LogP contribution in [0.1, 0.15) is 27.2 Å². The molecule has 122 valence electrons. The number of hydrogen-bond donors (Lipinski definition) is 2. The molecule has 3 rings (SSSR count). The molecule has 5 nitrogen and oxygen atoms in total. The fraction of sp³-hybridized carbons (Fsp3) is 0.158. The highest BCUT2D eigenvalue weighted by Gasteiger charge is 2.07. The Kier molecular flexibility index (Phi) is 4.91. The van der Waals surface area contributed by atoms with E-state index in [0.717, 1.165) is 17.0 Å². The van der Waals surface area contributed by atoms with Crippen LogP contribution in [-0.2, 0) is 13.1 Å². The summed E-state index contributed by atoms with van der Waals surface area (Å²) in [6, 6.07) is 13.6. The number of pyridine rings is 1. The number of anilines is 1. The van der Waals surface area contributed by atoms with Crippen LogP contribution in [0.3, 0.4) is 0 Å². The maximum absolute atomic E-state index is 12.3. The first kappa shape index (κ1) is 15.8. The number of benzene rings is 1. The van der Waals surface area contributed by atoms with Crippen LogP contribution in [-0.4, -0.2) is 10.9 Å². The Morgan fingerprint density at radius 3 is 2.71 bits per heavy atom. The molecule has 0 bridgehead atoms. The van der Waals surface area contributed by atoms with Gasteiger partial charge in [0, 0.05) is 18.9 Å². The molecule has 3 aromatic rings. The number of nitrogens with one attached hydrogen (secondary N) is 2. The molecule has 0 aliphatic rings. The van der Waals surface area contributed by atoms with Crippen molar-refractivity contribution in [2.24, 2.45) is 0 Å². The summed E-state index contributed by atoms with van der Waals surface area (Å²) in [7, 11) is 0. The molecule has 1 amide bonds. The van der Waals surface area contributed by atoms with E-state index in [0.29, 0.717) is 18.7 Å². The van der Waals surface area contributed by atoms with Gasteiger partial charge in [-0.15, -0.1) is 0 Å². The molecule has 2 aromatic heterocycles. The number of carbonyl (C=O) groups excluding carboxylic acids is 1. The second kappa shape index (κ2) is 7.46. The van der Waals surface area contributed by atoms with Crippen LogP contribution in [0.25, 0.3) is 0 Å². The third kappa shape index (κ3) is 4.23. The van der Waals surface area contributed by atoms with Crippen molar-refractivity contribution in [3.8, 4) is 0 Å². The predicted molar refractivity (Wildman–Crippen MR) is 92.6 cm³/mol. The Balaban J connectivity index is 1.58. The van der Waals surface area contributed by atoms with Crippen LogP contribution in [0.15, 0.2) is 65.5 Å². The van der Waals surface area contributed by atoms with E-state index in [2.05, 4.69) is 15.6 Å². The summed E-state index contributed by atoms with van der Waals surface area (Å²) in [6.07, 6.45) is 4.87. The Bertz CT molecular complexity index is 796. The van der Waals surface area contributed by atoms with E-state index >= 15 is 0 Å². The average Bonchev–Trinajstić information content (AvgIpc) is 3.13. The van der Waals surface area contributed by atoms with Gasteiger partial charge in [0.25, 0.3) is 5.91 Å². The summed E-state index contributed by atoms with van der Waals surface area (Å²) in [4.78, 5) is 16.4. The van der Waals surface area contributed by atoms with Crippen molar-refractivity contribution >= 4 is 11.6 Å². The Morgan fingerprint density at radius 1 is 1.12 bits per heavy atom. The molecule has 2 heterocycles. The van der Waals surface area contributed by atoms with Gasteiger partial charge in [0.05, 0.1) is 24.1 Å². The van der Waals surface area contributed by atoms with Crippen molar-refractivity contribution in [1.29, 1.82) is 0 Å². The Labute approximate surface area is 140 Å². The minimum absolute atomic E-state index is 0.148. The van der Waals surface area contributed by atoms with E-state index in [1.807, 2.05) is 43.3 Å². The molecule has 0 atom stereocenters. The van der Waals surface area contributed by atoms with Gasteiger partial charge in [0.2, 0.25) is 0 Å². The largest absolute Gasteiger partial charge is 0.467 e. The zero-order chi connectivity index (χ0) is 16.8. The van der Waals surface area contributed by atoms with Crippen LogP contribution in [0.4, 0.5) is 5.69 Å². The molecule has 0 radical (unpaired) electrons. The topological polar surface area (TPSA) is 67.2 Å². The molecule has 1 aromatic carbocycles. The highest BCUT2D eigenvalue weighted by Crippen LogP contribution is 2.11. The van der Waals surface area contributed by atoms with Crippen molar-refractivity contribution in [1.82, 2.24) is 10.3 Å². The van der Waals surface area contributed by atoms with Gasteiger partial charge >= 0.3 is 0 Å². The van der Waals surface area contributed by atoms with Crippen molar-refractivity contribution < 1.29 is 9.21 Å². The summed E-state index contributed by atoms with van der Waals surface area (Å²) in [5.74, 6) is 0.675. The standard InChI is InChI=1S/C19H19N3O2/c1-14-4-6-15(7-5-14)10-22-19(23)16-9-17(12-20-11-16)21-13-18-3-2-8-24-18/h2-9,11-12,21H,10,13H2,1H3,(H,22,23). The fourth-order valence-corrected chi connectivity index (χ4v) is 2.25. The third-order valence-electron chi connectivity index (χ3n) is 3.62. The first-order valence-electron chi connectivity index (χ1n) is 7.76. The number of furan rings is 1. The number of carbonyl (C=O) groups is 1. The van der Waals surface area contributed by atoms with Crippen molar-refractivity contribution in [3.05, 3.63) is 83.6 Å². The lowest BCUT2D eigenvalue weighted by Gasteiger charge is -2.08. The molecule has 0 spiro atoms. The van der Waals surface area contributed by atoms with Gasteiger partial charge in [-0.25, -0.2) is 0 Å². The van der Waals surface area contributed by atoms with Gasteiger partial charge < -0.3 is 15.1 Å².